The molecule has 0 atom stereocenters. The molecule has 1 aliphatic heterocycles. The Hall–Kier alpha value is -4.15. The number of hydrogen-bond acceptors (Lipinski definition) is 6. The maximum Gasteiger partial charge on any atom is 0.258 e. The Morgan fingerprint density at radius 3 is 2.23 bits per heavy atom. The van der Waals surface area contributed by atoms with Gasteiger partial charge < -0.3 is 20.9 Å². The average molecular weight is 548 g/mol. The minimum Gasteiger partial charge on any atom is -0.354 e. The third-order valence-electron chi connectivity index (χ3n) is 6.25. The lowest BCUT2D eigenvalue weighted by Gasteiger charge is -2.24. The summed E-state index contributed by atoms with van der Waals surface area (Å²) in [6.45, 7) is 3.26. The van der Waals surface area contributed by atoms with Crippen molar-refractivity contribution in [3.8, 4) is 0 Å². The number of nitrogens with one attached hydrogen (secondary N) is 3. The number of anilines is 3. The SMILES string of the molecule is CCNC(=O)c1ccc2c(c1)NC(=O)C2=C(Nc1ccc(N(CCN(C)C)S(C)(=O)=O)cc1)c1ccccc1. The summed E-state index contributed by atoms with van der Waals surface area (Å²) in [5.74, 6) is -0.491. The Labute approximate surface area is 229 Å². The van der Waals surface area contributed by atoms with Crippen LogP contribution in [0.5, 0.6) is 0 Å². The summed E-state index contributed by atoms with van der Waals surface area (Å²) in [6, 6.07) is 21.7. The molecule has 0 radical (unpaired) electrons. The van der Waals surface area contributed by atoms with Gasteiger partial charge in [-0.1, -0.05) is 36.4 Å². The lowest BCUT2D eigenvalue weighted by Crippen LogP contribution is -2.35. The van der Waals surface area contributed by atoms with Crippen LogP contribution in [0.2, 0.25) is 0 Å². The number of hydrogen-bond donors (Lipinski definition) is 3. The van der Waals surface area contributed by atoms with E-state index in [0.29, 0.717) is 59.1 Å². The van der Waals surface area contributed by atoms with Crippen LogP contribution in [-0.4, -0.2) is 65.1 Å². The van der Waals surface area contributed by atoms with Gasteiger partial charge in [0.25, 0.3) is 11.8 Å². The molecule has 0 fully saturated rings. The Morgan fingerprint density at radius 1 is 0.923 bits per heavy atom. The minimum atomic E-state index is -3.46. The molecule has 1 heterocycles. The summed E-state index contributed by atoms with van der Waals surface area (Å²) in [5, 5.41) is 9.05. The number of carbonyl (C=O) groups excluding carboxylic acids is 2. The lowest BCUT2D eigenvalue weighted by molar-refractivity contribution is -0.110. The number of carbonyl (C=O) groups is 2. The van der Waals surface area contributed by atoms with Crippen LogP contribution in [0.25, 0.3) is 11.3 Å². The maximum absolute atomic E-state index is 13.2. The Morgan fingerprint density at radius 2 is 1.62 bits per heavy atom. The van der Waals surface area contributed by atoms with Gasteiger partial charge in [-0.3, -0.25) is 13.9 Å². The van der Waals surface area contributed by atoms with Crippen LogP contribution in [0.3, 0.4) is 0 Å². The predicted molar refractivity (Wildman–Crippen MR) is 157 cm³/mol. The van der Waals surface area contributed by atoms with Crippen molar-refractivity contribution in [2.24, 2.45) is 0 Å². The van der Waals surface area contributed by atoms with Crippen LogP contribution in [0.4, 0.5) is 17.1 Å². The van der Waals surface area contributed by atoms with Crippen molar-refractivity contribution in [1.29, 1.82) is 0 Å². The van der Waals surface area contributed by atoms with Gasteiger partial charge in [-0.2, -0.15) is 0 Å². The van der Waals surface area contributed by atoms with Gasteiger partial charge in [-0.05, 0) is 63.0 Å². The van der Waals surface area contributed by atoms with Gasteiger partial charge in [0.2, 0.25) is 10.0 Å². The molecule has 9 nitrogen and oxygen atoms in total. The van der Waals surface area contributed by atoms with Crippen molar-refractivity contribution in [1.82, 2.24) is 10.2 Å². The molecule has 0 aliphatic carbocycles. The zero-order valence-electron chi connectivity index (χ0n) is 22.5. The molecule has 0 saturated heterocycles. The second kappa shape index (κ2) is 11.7. The average Bonchev–Trinajstić information content (AvgIpc) is 3.22. The molecule has 3 aromatic rings. The fourth-order valence-corrected chi connectivity index (χ4v) is 5.26. The van der Waals surface area contributed by atoms with E-state index in [4.69, 9.17) is 0 Å². The highest BCUT2D eigenvalue weighted by Crippen LogP contribution is 2.38. The summed E-state index contributed by atoms with van der Waals surface area (Å²) in [4.78, 5) is 27.5. The van der Waals surface area contributed by atoms with Crippen molar-refractivity contribution in [2.45, 2.75) is 6.92 Å². The predicted octanol–water partition coefficient (Wildman–Crippen LogP) is 3.70. The van der Waals surface area contributed by atoms with Gasteiger partial charge in [0.1, 0.15) is 0 Å². The molecule has 10 heteroatoms. The molecule has 0 bridgehead atoms. The van der Waals surface area contributed by atoms with E-state index in [2.05, 4.69) is 16.0 Å². The zero-order valence-corrected chi connectivity index (χ0v) is 23.3. The first-order valence-electron chi connectivity index (χ1n) is 12.6. The molecule has 0 saturated carbocycles. The van der Waals surface area contributed by atoms with E-state index in [1.165, 1.54) is 10.6 Å². The Balaban J connectivity index is 1.72. The second-order valence-corrected chi connectivity index (χ2v) is 11.4. The number of fused-ring (bicyclic) bond motifs is 1. The third kappa shape index (κ3) is 6.47. The fraction of sp³-hybridized carbons (Fsp3) is 0.241. The van der Waals surface area contributed by atoms with Crippen molar-refractivity contribution < 1.29 is 18.0 Å². The van der Waals surface area contributed by atoms with Gasteiger partial charge in [-0.25, -0.2) is 8.42 Å². The summed E-state index contributed by atoms with van der Waals surface area (Å²) in [7, 11) is 0.322. The van der Waals surface area contributed by atoms with Gasteiger partial charge >= 0.3 is 0 Å². The molecule has 0 aromatic heterocycles. The zero-order chi connectivity index (χ0) is 28.2. The molecule has 0 unspecified atom stereocenters. The molecular formula is C29H33N5O4S. The number of nitrogens with zero attached hydrogens (tertiary/aromatic N) is 2. The van der Waals surface area contributed by atoms with Crippen molar-refractivity contribution in [2.75, 3.05) is 54.9 Å². The molecule has 39 heavy (non-hydrogen) atoms. The van der Waals surface area contributed by atoms with E-state index in [0.717, 1.165) is 5.56 Å². The third-order valence-corrected chi connectivity index (χ3v) is 7.45. The largest absolute Gasteiger partial charge is 0.354 e. The van der Waals surface area contributed by atoms with E-state index in [1.54, 1.807) is 42.5 Å². The highest BCUT2D eigenvalue weighted by atomic mass is 32.2. The molecule has 4 rings (SSSR count). The monoisotopic (exact) mass is 547 g/mol. The highest BCUT2D eigenvalue weighted by Gasteiger charge is 2.29. The quantitative estimate of drug-likeness (QED) is 0.334. The summed E-state index contributed by atoms with van der Waals surface area (Å²) >= 11 is 0. The van der Waals surface area contributed by atoms with Crippen LogP contribution in [-0.2, 0) is 14.8 Å². The van der Waals surface area contributed by atoms with Crippen molar-refractivity contribution in [3.05, 3.63) is 89.5 Å². The molecule has 1 aliphatic rings. The van der Waals surface area contributed by atoms with Crippen LogP contribution in [0.1, 0.15) is 28.4 Å². The highest BCUT2D eigenvalue weighted by molar-refractivity contribution is 7.92. The number of sulfonamides is 1. The first kappa shape index (κ1) is 27.9. The normalized spacial score (nSPS) is 14.0. The van der Waals surface area contributed by atoms with Crippen LogP contribution in [0.15, 0.2) is 72.8 Å². The number of benzene rings is 3. The molecule has 3 aromatic carbocycles. The molecule has 0 spiro atoms. The second-order valence-electron chi connectivity index (χ2n) is 9.50. The van der Waals surface area contributed by atoms with Crippen LogP contribution >= 0.6 is 0 Å². The first-order valence-corrected chi connectivity index (χ1v) is 14.5. The summed E-state index contributed by atoms with van der Waals surface area (Å²) in [6.07, 6.45) is 1.19. The Kier molecular flexibility index (Phi) is 8.37. The maximum atomic E-state index is 13.2. The van der Waals surface area contributed by atoms with E-state index in [-0.39, 0.29) is 11.8 Å². The fourth-order valence-electron chi connectivity index (χ4n) is 4.34. The molecular weight excluding hydrogens is 514 g/mol. The molecule has 3 N–H and O–H groups in total. The molecule has 2 amide bonds. The van der Waals surface area contributed by atoms with Gasteiger partial charge in [0.15, 0.2) is 0 Å². The van der Waals surface area contributed by atoms with Crippen molar-refractivity contribution >= 4 is 50.2 Å². The van der Waals surface area contributed by atoms with Gasteiger partial charge in [-0.15, -0.1) is 0 Å². The van der Waals surface area contributed by atoms with E-state index in [9.17, 15) is 18.0 Å². The van der Waals surface area contributed by atoms with Gasteiger partial charge in [0, 0.05) is 42.1 Å². The van der Waals surface area contributed by atoms with Crippen molar-refractivity contribution in [3.63, 3.8) is 0 Å². The van der Waals surface area contributed by atoms with Crippen LogP contribution < -0.4 is 20.3 Å². The smallest absolute Gasteiger partial charge is 0.258 e. The Bertz CT molecular complexity index is 1500. The minimum absolute atomic E-state index is 0.206. The van der Waals surface area contributed by atoms with Crippen LogP contribution in [0, 0.1) is 0 Å². The van der Waals surface area contributed by atoms with E-state index >= 15 is 0 Å². The van der Waals surface area contributed by atoms with E-state index < -0.39 is 10.0 Å². The topological polar surface area (TPSA) is 111 Å². The van der Waals surface area contributed by atoms with E-state index in [1.807, 2.05) is 56.3 Å². The summed E-state index contributed by atoms with van der Waals surface area (Å²) < 4.78 is 26.2. The number of amides is 2. The number of likely N-dealkylation sites (N-methyl/N-ethyl adjacent to an activating group) is 1. The molecule has 204 valence electrons. The first-order chi connectivity index (χ1) is 18.6. The lowest BCUT2D eigenvalue weighted by atomic mass is 9.99. The number of rotatable bonds is 10. The standard InChI is InChI=1S/C29H33N5O4S/c1-5-30-28(35)21-11-16-24-25(19-21)32-29(36)26(24)27(20-9-7-6-8-10-20)31-22-12-14-23(15-13-22)34(39(4,37)38)18-17-33(2)3/h6-16,19,31H,5,17-18H2,1-4H3,(H,30,35)(H,32,36). The van der Waals surface area contributed by atoms with Gasteiger partial charge in [0.05, 0.1) is 23.2 Å². The summed E-state index contributed by atoms with van der Waals surface area (Å²) in [5.41, 5.74) is 4.80.